The van der Waals surface area contributed by atoms with Crippen molar-refractivity contribution in [2.24, 2.45) is 5.92 Å². The molecule has 7 nitrogen and oxygen atoms in total. The summed E-state index contributed by atoms with van der Waals surface area (Å²) in [4.78, 5) is 22.6. The minimum absolute atomic E-state index is 0.0267. The van der Waals surface area contributed by atoms with Crippen LogP contribution in [0.3, 0.4) is 0 Å². The average molecular weight is 418 g/mol. The van der Waals surface area contributed by atoms with Gasteiger partial charge in [-0.1, -0.05) is 62.4 Å². The highest BCUT2D eigenvalue weighted by atomic mass is 16.3. The molecular weight excluding hydrogens is 390 g/mol. The number of aromatic amines is 1. The molecule has 1 atom stereocenters. The number of hydrogen-bond donors (Lipinski definition) is 2. The Morgan fingerprint density at radius 1 is 1.03 bits per heavy atom. The van der Waals surface area contributed by atoms with Gasteiger partial charge in [-0.2, -0.15) is 5.10 Å². The van der Waals surface area contributed by atoms with Gasteiger partial charge in [-0.15, -0.1) is 0 Å². The van der Waals surface area contributed by atoms with E-state index in [1.807, 2.05) is 48.5 Å². The van der Waals surface area contributed by atoms with Crippen molar-refractivity contribution in [3.05, 3.63) is 88.6 Å². The van der Waals surface area contributed by atoms with Crippen LogP contribution in [0.4, 0.5) is 0 Å². The molecule has 2 aromatic heterocycles. The summed E-state index contributed by atoms with van der Waals surface area (Å²) >= 11 is 0. The second kappa shape index (κ2) is 9.24. The SMILES string of the molecule is CC(C)C(CO)N(Cc1ccccc1)Cc1nc2c(cnn2-c2ccccc2)c(=O)[nH]1. The first kappa shape index (κ1) is 21.0. The molecule has 0 spiro atoms. The van der Waals surface area contributed by atoms with Crippen LogP contribution in [0.2, 0.25) is 0 Å². The van der Waals surface area contributed by atoms with Crippen molar-refractivity contribution >= 4 is 11.0 Å². The molecular formula is C24H27N5O2. The quantitative estimate of drug-likeness (QED) is 0.460. The van der Waals surface area contributed by atoms with E-state index in [1.54, 1.807) is 10.9 Å². The van der Waals surface area contributed by atoms with Gasteiger partial charge in [0.25, 0.3) is 5.56 Å². The van der Waals surface area contributed by atoms with E-state index in [-0.39, 0.29) is 24.1 Å². The summed E-state index contributed by atoms with van der Waals surface area (Å²) < 4.78 is 1.68. The first-order valence-corrected chi connectivity index (χ1v) is 10.5. The minimum atomic E-state index is -0.216. The van der Waals surface area contributed by atoms with Gasteiger partial charge >= 0.3 is 0 Å². The second-order valence-corrected chi connectivity index (χ2v) is 8.03. The van der Waals surface area contributed by atoms with Gasteiger partial charge in [0.1, 0.15) is 11.2 Å². The van der Waals surface area contributed by atoms with Crippen molar-refractivity contribution in [3.8, 4) is 5.69 Å². The van der Waals surface area contributed by atoms with E-state index in [0.29, 0.717) is 29.9 Å². The molecule has 0 aliphatic heterocycles. The standard InChI is InChI=1S/C24H27N5O2/c1-17(2)21(16-30)28(14-18-9-5-3-6-10-18)15-22-26-23-20(24(31)27-22)13-25-29(23)19-11-7-4-8-12-19/h3-13,17,21,30H,14-16H2,1-2H3,(H,26,27,31). The summed E-state index contributed by atoms with van der Waals surface area (Å²) in [7, 11) is 0. The third-order valence-electron chi connectivity index (χ3n) is 5.49. The first-order chi connectivity index (χ1) is 15.1. The van der Waals surface area contributed by atoms with Gasteiger partial charge in [0, 0.05) is 12.6 Å². The molecule has 2 heterocycles. The molecule has 160 valence electrons. The van der Waals surface area contributed by atoms with Crippen molar-refractivity contribution in [3.63, 3.8) is 0 Å². The molecule has 31 heavy (non-hydrogen) atoms. The Kier molecular flexibility index (Phi) is 6.25. The summed E-state index contributed by atoms with van der Waals surface area (Å²) in [5.74, 6) is 0.782. The maximum atomic E-state index is 12.7. The minimum Gasteiger partial charge on any atom is -0.395 e. The van der Waals surface area contributed by atoms with Crippen LogP contribution in [0.1, 0.15) is 25.2 Å². The summed E-state index contributed by atoms with van der Waals surface area (Å²) in [5, 5.41) is 14.9. The fourth-order valence-corrected chi connectivity index (χ4v) is 3.85. The predicted molar refractivity (Wildman–Crippen MR) is 121 cm³/mol. The summed E-state index contributed by atoms with van der Waals surface area (Å²) in [6.07, 6.45) is 1.55. The van der Waals surface area contributed by atoms with Crippen LogP contribution >= 0.6 is 0 Å². The molecule has 4 rings (SSSR count). The number of benzene rings is 2. The lowest BCUT2D eigenvalue weighted by Gasteiger charge is -2.32. The van der Waals surface area contributed by atoms with E-state index in [2.05, 4.69) is 41.0 Å². The lowest BCUT2D eigenvalue weighted by molar-refractivity contribution is 0.0763. The average Bonchev–Trinajstić information content (AvgIpc) is 3.20. The second-order valence-electron chi connectivity index (χ2n) is 8.03. The van der Waals surface area contributed by atoms with Crippen LogP contribution < -0.4 is 5.56 Å². The summed E-state index contributed by atoms with van der Waals surface area (Å²) in [5.41, 5.74) is 2.29. The number of fused-ring (bicyclic) bond motifs is 1. The van der Waals surface area contributed by atoms with Gasteiger partial charge in [0.05, 0.1) is 25.0 Å². The van der Waals surface area contributed by atoms with Gasteiger partial charge in [-0.05, 0) is 23.6 Å². The Hall–Kier alpha value is -3.29. The molecule has 4 aromatic rings. The highest BCUT2D eigenvalue weighted by Crippen LogP contribution is 2.18. The number of hydrogen-bond acceptors (Lipinski definition) is 5. The molecule has 2 aromatic carbocycles. The number of para-hydroxylation sites is 1. The van der Waals surface area contributed by atoms with E-state index in [4.69, 9.17) is 4.98 Å². The number of aliphatic hydroxyl groups is 1. The zero-order chi connectivity index (χ0) is 21.8. The fourth-order valence-electron chi connectivity index (χ4n) is 3.85. The molecule has 0 amide bonds. The van der Waals surface area contributed by atoms with E-state index in [0.717, 1.165) is 11.3 Å². The smallest absolute Gasteiger partial charge is 0.262 e. The normalized spacial score (nSPS) is 12.7. The fraction of sp³-hybridized carbons (Fsp3) is 0.292. The molecule has 0 aliphatic carbocycles. The van der Waals surface area contributed by atoms with E-state index in [1.165, 1.54) is 0 Å². The molecule has 0 radical (unpaired) electrons. The number of nitrogens with zero attached hydrogens (tertiary/aromatic N) is 4. The third kappa shape index (κ3) is 4.57. The molecule has 0 bridgehead atoms. The molecule has 1 unspecified atom stereocenters. The van der Waals surface area contributed by atoms with Gasteiger partial charge in [0.2, 0.25) is 0 Å². The molecule has 0 aliphatic rings. The van der Waals surface area contributed by atoms with Gasteiger partial charge in [0.15, 0.2) is 5.65 Å². The van der Waals surface area contributed by atoms with Crippen molar-refractivity contribution in [1.29, 1.82) is 0 Å². The molecule has 0 saturated carbocycles. The maximum Gasteiger partial charge on any atom is 0.262 e. The number of rotatable bonds is 8. The van der Waals surface area contributed by atoms with Crippen LogP contribution in [0.25, 0.3) is 16.7 Å². The zero-order valence-corrected chi connectivity index (χ0v) is 17.8. The molecule has 2 N–H and O–H groups in total. The van der Waals surface area contributed by atoms with Crippen molar-refractivity contribution in [2.75, 3.05) is 6.61 Å². The van der Waals surface area contributed by atoms with E-state index < -0.39 is 0 Å². The van der Waals surface area contributed by atoms with Crippen molar-refractivity contribution < 1.29 is 5.11 Å². The molecule has 0 fully saturated rings. The molecule has 7 heteroatoms. The largest absolute Gasteiger partial charge is 0.395 e. The summed E-state index contributed by atoms with van der Waals surface area (Å²) in [6.45, 7) is 5.25. The Morgan fingerprint density at radius 2 is 1.71 bits per heavy atom. The zero-order valence-electron chi connectivity index (χ0n) is 17.8. The Labute approximate surface area is 181 Å². The highest BCUT2D eigenvalue weighted by Gasteiger charge is 2.23. The van der Waals surface area contributed by atoms with E-state index >= 15 is 0 Å². The topological polar surface area (TPSA) is 87.0 Å². The summed E-state index contributed by atoms with van der Waals surface area (Å²) in [6, 6.07) is 19.7. The third-order valence-corrected chi connectivity index (χ3v) is 5.49. The number of H-pyrrole nitrogens is 1. The van der Waals surface area contributed by atoms with Crippen LogP contribution in [-0.2, 0) is 13.1 Å². The Morgan fingerprint density at radius 3 is 2.35 bits per heavy atom. The first-order valence-electron chi connectivity index (χ1n) is 10.5. The van der Waals surface area contributed by atoms with Crippen LogP contribution in [0.5, 0.6) is 0 Å². The lowest BCUT2D eigenvalue weighted by Crippen LogP contribution is -2.41. The molecule has 0 saturated heterocycles. The predicted octanol–water partition coefficient (Wildman–Crippen LogP) is 3.13. The number of nitrogens with one attached hydrogen (secondary N) is 1. The van der Waals surface area contributed by atoms with Crippen LogP contribution in [0, 0.1) is 5.92 Å². The van der Waals surface area contributed by atoms with Gasteiger partial charge in [-0.3, -0.25) is 9.69 Å². The lowest BCUT2D eigenvalue weighted by atomic mass is 10.0. The maximum absolute atomic E-state index is 12.7. The number of aromatic nitrogens is 4. The highest BCUT2D eigenvalue weighted by molar-refractivity contribution is 5.75. The van der Waals surface area contributed by atoms with Gasteiger partial charge < -0.3 is 10.1 Å². The Bertz CT molecular complexity index is 1190. The van der Waals surface area contributed by atoms with Crippen LogP contribution in [-0.4, -0.2) is 42.4 Å². The van der Waals surface area contributed by atoms with Crippen LogP contribution in [0.15, 0.2) is 71.7 Å². The van der Waals surface area contributed by atoms with Gasteiger partial charge in [-0.25, -0.2) is 9.67 Å². The Balaban J connectivity index is 1.72. The number of aliphatic hydroxyl groups excluding tert-OH is 1. The van der Waals surface area contributed by atoms with E-state index in [9.17, 15) is 9.90 Å². The van der Waals surface area contributed by atoms with Crippen molar-refractivity contribution in [2.45, 2.75) is 33.0 Å². The monoisotopic (exact) mass is 417 g/mol. The van der Waals surface area contributed by atoms with Crippen molar-refractivity contribution in [1.82, 2.24) is 24.6 Å².